The van der Waals surface area contributed by atoms with Gasteiger partial charge >= 0.3 is 0 Å². The first-order chi connectivity index (χ1) is 18.2. The number of anilines is 2. The van der Waals surface area contributed by atoms with E-state index in [9.17, 15) is 4.79 Å². The molecule has 0 radical (unpaired) electrons. The van der Waals surface area contributed by atoms with Crippen molar-refractivity contribution in [1.82, 2.24) is 19.8 Å². The number of ether oxygens (including phenoxy) is 1. The zero-order valence-electron chi connectivity index (χ0n) is 22.3. The second-order valence-electron chi connectivity index (χ2n) is 10.7. The zero-order chi connectivity index (χ0) is 25.5. The summed E-state index contributed by atoms with van der Waals surface area (Å²) in [6, 6.07) is 10.4. The molecule has 1 aromatic heterocycles. The number of rotatable bonds is 6. The number of aromatic nitrogens is 2. The molecule has 37 heavy (non-hydrogen) atoms. The number of methoxy groups -OCH3 is 1. The van der Waals surface area contributed by atoms with Crippen LogP contribution in [-0.4, -0.2) is 84.1 Å². The van der Waals surface area contributed by atoms with Crippen LogP contribution in [0, 0.1) is 0 Å². The maximum Gasteiger partial charge on any atom is 0.253 e. The number of hydrogen-bond donors (Lipinski definition) is 1. The summed E-state index contributed by atoms with van der Waals surface area (Å²) in [5, 5.41) is 3.68. The Kier molecular flexibility index (Phi) is 8.76. The SMILES string of the molecule is COc1ccc(C(=O)N2CCC(N3CCCCC(Nc4nccc(N5CCCCCC5)n4)C3)CC2)cc1. The lowest BCUT2D eigenvalue weighted by atomic mass is 10.0. The van der Waals surface area contributed by atoms with Gasteiger partial charge in [-0.05, 0) is 75.4 Å². The Morgan fingerprint density at radius 1 is 0.892 bits per heavy atom. The third-order valence-electron chi connectivity index (χ3n) is 8.21. The highest BCUT2D eigenvalue weighted by Crippen LogP contribution is 2.24. The molecule has 0 saturated carbocycles. The monoisotopic (exact) mass is 506 g/mol. The van der Waals surface area contributed by atoms with Gasteiger partial charge in [0.15, 0.2) is 0 Å². The Morgan fingerprint density at radius 3 is 2.35 bits per heavy atom. The van der Waals surface area contributed by atoms with Gasteiger partial charge in [-0.15, -0.1) is 0 Å². The molecule has 2 aromatic rings. The fraction of sp³-hybridized carbons (Fsp3) is 0.621. The van der Waals surface area contributed by atoms with Crippen LogP contribution in [0.2, 0.25) is 0 Å². The fourth-order valence-corrected chi connectivity index (χ4v) is 6.05. The number of nitrogens with one attached hydrogen (secondary N) is 1. The van der Waals surface area contributed by atoms with E-state index in [0.717, 1.165) is 81.6 Å². The molecule has 3 saturated heterocycles. The van der Waals surface area contributed by atoms with Crippen LogP contribution < -0.4 is 15.0 Å². The van der Waals surface area contributed by atoms with Crippen molar-refractivity contribution in [3.63, 3.8) is 0 Å². The van der Waals surface area contributed by atoms with E-state index in [1.807, 2.05) is 35.4 Å². The highest BCUT2D eigenvalue weighted by molar-refractivity contribution is 5.94. The smallest absolute Gasteiger partial charge is 0.253 e. The number of likely N-dealkylation sites (tertiary alicyclic amines) is 2. The lowest BCUT2D eigenvalue weighted by molar-refractivity contribution is 0.0619. The van der Waals surface area contributed by atoms with Crippen LogP contribution in [0.3, 0.4) is 0 Å². The maximum atomic E-state index is 13.0. The van der Waals surface area contributed by atoms with E-state index in [4.69, 9.17) is 9.72 Å². The molecular formula is C29H42N6O2. The molecule has 8 nitrogen and oxygen atoms in total. The van der Waals surface area contributed by atoms with Crippen molar-refractivity contribution in [2.75, 3.05) is 56.6 Å². The van der Waals surface area contributed by atoms with Crippen molar-refractivity contribution in [2.24, 2.45) is 0 Å². The molecule has 0 bridgehead atoms. The van der Waals surface area contributed by atoms with E-state index in [2.05, 4.69) is 26.2 Å². The minimum Gasteiger partial charge on any atom is -0.497 e. The first-order valence-electron chi connectivity index (χ1n) is 14.2. The maximum absolute atomic E-state index is 13.0. The largest absolute Gasteiger partial charge is 0.497 e. The Balaban J connectivity index is 1.15. The van der Waals surface area contributed by atoms with Crippen molar-refractivity contribution in [3.05, 3.63) is 42.1 Å². The second kappa shape index (κ2) is 12.6. The quantitative estimate of drug-likeness (QED) is 0.621. The van der Waals surface area contributed by atoms with Gasteiger partial charge in [-0.3, -0.25) is 9.69 Å². The topological polar surface area (TPSA) is 73.8 Å². The van der Waals surface area contributed by atoms with Crippen LogP contribution in [0.5, 0.6) is 5.75 Å². The average Bonchev–Trinajstić information content (AvgIpc) is 3.37. The number of nitrogens with zero attached hydrogens (tertiary/aromatic N) is 5. The molecule has 5 rings (SSSR count). The first kappa shape index (κ1) is 25.8. The van der Waals surface area contributed by atoms with Gasteiger partial charge in [0.1, 0.15) is 11.6 Å². The second-order valence-corrected chi connectivity index (χ2v) is 10.7. The van der Waals surface area contributed by atoms with Crippen LogP contribution in [0.15, 0.2) is 36.5 Å². The van der Waals surface area contributed by atoms with Gasteiger partial charge in [0, 0.05) is 56.6 Å². The molecule has 0 aliphatic carbocycles. The molecule has 3 aliphatic heterocycles. The molecule has 200 valence electrons. The summed E-state index contributed by atoms with van der Waals surface area (Å²) >= 11 is 0. The molecule has 3 aliphatic rings. The average molecular weight is 507 g/mol. The molecule has 1 amide bonds. The summed E-state index contributed by atoms with van der Waals surface area (Å²) in [5.41, 5.74) is 0.737. The Labute approximate surface area is 221 Å². The summed E-state index contributed by atoms with van der Waals surface area (Å²) in [6.07, 6.45) is 12.7. The highest BCUT2D eigenvalue weighted by atomic mass is 16.5. The summed E-state index contributed by atoms with van der Waals surface area (Å²) in [4.78, 5) is 29.5. The van der Waals surface area contributed by atoms with Crippen LogP contribution in [0.25, 0.3) is 0 Å². The Bertz CT molecular complexity index is 1000. The van der Waals surface area contributed by atoms with Crippen LogP contribution >= 0.6 is 0 Å². The minimum atomic E-state index is 0.123. The third-order valence-corrected chi connectivity index (χ3v) is 8.21. The summed E-state index contributed by atoms with van der Waals surface area (Å²) < 4.78 is 5.22. The molecule has 1 aromatic carbocycles. The standard InChI is InChI=1S/C29H42N6O2/c1-37-26-11-9-23(10-12-26)28(36)34-20-14-25(15-21-34)35-19-7-4-8-24(22-35)31-29-30-16-13-27(32-29)33-17-5-2-3-6-18-33/h9-13,16,24-25H,2-8,14-15,17-22H2,1H3,(H,30,31,32). The third kappa shape index (κ3) is 6.72. The highest BCUT2D eigenvalue weighted by Gasteiger charge is 2.30. The predicted octanol–water partition coefficient (Wildman–Crippen LogP) is 4.44. The molecule has 1 N–H and O–H groups in total. The Hall–Kier alpha value is -2.87. The molecule has 8 heteroatoms. The summed E-state index contributed by atoms with van der Waals surface area (Å²) in [6.45, 7) is 5.94. The summed E-state index contributed by atoms with van der Waals surface area (Å²) in [5.74, 6) is 2.71. The van der Waals surface area contributed by atoms with Crippen LogP contribution in [0.4, 0.5) is 11.8 Å². The molecule has 4 heterocycles. The van der Waals surface area contributed by atoms with Crippen LogP contribution in [0.1, 0.15) is 68.1 Å². The molecule has 3 fully saturated rings. The number of carbonyl (C=O) groups excluding carboxylic acids is 1. The minimum absolute atomic E-state index is 0.123. The normalized spacial score (nSPS) is 22.2. The molecular weight excluding hydrogens is 464 g/mol. The van der Waals surface area contributed by atoms with E-state index in [1.165, 1.54) is 38.5 Å². The first-order valence-corrected chi connectivity index (χ1v) is 14.2. The van der Waals surface area contributed by atoms with Crippen molar-refractivity contribution in [1.29, 1.82) is 0 Å². The van der Waals surface area contributed by atoms with Gasteiger partial charge in [0.2, 0.25) is 5.95 Å². The van der Waals surface area contributed by atoms with Gasteiger partial charge in [-0.25, -0.2) is 4.98 Å². The van der Waals surface area contributed by atoms with Gasteiger partial charge in [0.05, 0.1) is 7.11 Å². The summed E-state index contributed by atoms with van der Waals surface area (Å²) in [7, 11) is 1.64. The van der Waals surface area contributed by atoms with E-state index >= 15 is 0 Å². The number of hydrogen-bond acceptors (Lipinski definition) is 7. The van der Waals surface area contributed by atoms with Crippen LogP contribution in [-0.2, 0) is 0 Å². The van der Waals surface area contributed by atoms with Crippen molar-refractivity contribution < 1.29 is 9.53 Å². The number of amides is 1. The lowest BCUT2D eigenvalue weighted by Crippen LogP contribution is -2.49. The molecule has 1 atom stereocenters. The van der Waals surface area contributed by atoms with E-state index in [1.54, 1.807) is 7.11 Å². The number of benzene rings is 1. The van der Waals surface area contributed by atoms with Crippen molar-refractivity contribution >= 4 is 17.7 Å². The van der Waals surface area contributed by atoms with Crippen molar-refractivity contribution in [2.45, 2.75) is 69.9 Å². The van der Waals surface area contributed by atoms with Gasteiger partial charge < -0.3 is 19.9 Å². The molecule has 0 spiro atoms. The van der Waals surface area contributed by atoms with Gasteiger partial charge in [-0.1, -0.05) is 19.3 Å². The van der Waals surface area contributed by atoms with Crippen molar-refractivity contribution in [3.8, 4) is 5.75 Å². The number of carbonyl (C=O) groups is 1. The fourth-order valence-electron chi connectivity index (χ4n) is 6.05. The predicted molar refractivity (Wildman–Crippen MR) is 147 cm³/mol. The zero-order valence-corrected chi connectivity index (χ0v) is 22.3. The number of piperidine rings is 1. The van der Waals surface area contributed by atoms with Gasteiger partial charge in [-0.2, -0.15) is 4.98 Å². The Morgan fingerprint density at radius 2 is 1.62 bits per heavy atom. The van der Waals surface area contributed by atoms with E-state index in [-0.39, 0.29) is 5.91 Å². The van der Waals surface area contributed by atoms with Gasteiger partial charge in [0.25, 0.3) is 5.91 Å². The molecule has 1 unspecified atom stereocenters. The lowest BCUT2D eigenvalue weighted by Gasteiger charge is -2.39. The van der Waals surface area contributed by atoms with E-state index in [0.29, 0.717) is 12.1 Å². The van der Waals surface area contributed by atoms with E-state index < -0.39 is 0 Å².